The van der Waals surface area contributed by atoms with E-state index >= 15 is 0 Å². The lowest BCUT2D eigenvalue weighted by Gasteiger charge is -2.34. The van der Waals surface area contributed by atoms with Crippen LogP contribution in [0.25, 0.3) is 0 Å². The summed E-state index contributed by atoms with van der Waals surface area (Å²) in [6.45, 7) is 5.29. The van der Waals surface area contributed by atoms with Crippen molar-refractivity contribution in [2.24, 2.45) is 11.5 Å². The van der Waals surface area contributed by atoms with Gasteiger partial charge in [-0.2, -0.15) is 0 Å². The normalized spacial score (nSPS) is 20.1. The first-order valence-corrected chi connectivity index (χ1v) is 8.96. The van der Waals surface area contributed by atoms with E-state index in [1.54, 1.807) is 0 Å². The minimum absolute atomic E-state index is 0.0301. The quantitative estimate of drug-likeness (QED) is 0.719. The molecule has 0 aromatic carbocycles. The first-order valence-electron chi connectivity index (χ1n) is 8.96. The van der Waals surface area contributed by atoms with Crippen LogP contribution in [0.1, 0.15) is 45.6 Å². The Hall–Kier alpha value is -2.04. The Kier molecular flexibility index (Phi) is 6.45. The highest BCUT2D eigenvalue weighted by Gasteiger charge is 2.25. The first-order chi connectivity index (χ1) is 11.9. The molecule has 7 heteroatoms. The third-order valence-electron chi connectivity index (χ3n) is 4.76. The summed E-state index contributed by atoms with van der Waals surface area (Å²) in [6, 6.07) is 0.884. The summed E-state index contributed by atoms with van der Waals surface area (Å²) < 4.78 is 2.75. The van der Waals surface area contributed by atoms with E-state index in [1.807, 2.05) is 18.7 Å². The summed E-state index contributed by atoms with van der Waals surface area (Å²) in [5, 5.41) is 0. The predicted molar refractivity (Wildman–Crippen MR) is 101 cm³/mol. The molecule has 1 saturated heterocycles. The zero-order chi connectivity index (χ0) is 18.6. The van der Waals surface area contributed by atoms with Crippen LogP contribution in [0.3, 0.4) is 0 Å². The fourth-order valence-electron chi connectivity index (χ4n) is 3.53. The van der Waals surface area contributed by atoms with Crippen molar-refractivity contribution in [1.29, 1.82) is 0 Å². The lowest BCUT2D eigenvalue weighted by Crippen LogP contribution is -2.50. The number of aromatic nitrogens is 2. The molecule has 2 rings (SSSR count). The highest BCUT2D eigenvalue weighted by atomic mass is 16.2. The molecule has 1 aliphatic rings. The molecule has 1 unspecified atom stereocenters. The van der Waals surface area contributed by atoms with E-state index in [9.17, 15) is 9.59 Å². The number of terminal acetylenes is 1. The van der Waals surface area contributed by atoms with Crippen LogP contribution in [0.4, 0.5) is 5.82 Å². The van der Waals surface area contributed by atoms with Gasteiger partial charge in [0.1, 0.15) is 5.82 Å². The van der Waals surface area contributed by atoms with Gasteiger partial charge in [0.2, 0.25) is 0 Å². The van der Waals surface area contributed by atoms with Crippen LogP contribution in [0.5, 0.6) is 0 Å². The van der Waals surface area contributed by atoms with Gasteiger partial charge >= 0.3 is 5.69 Å². The van der Waals surface area contributed by atoms with E-state index < -0.39 is 5.69 Å². The first kappa shape index (κ1) is 19.3. The zero-order valence-corrected chi connectivity index (χ0v) is 15.1. The van der Waals surface area contributed by atoms with Crippen molar-refractivity contribution in [3.8, 4) is 12.3 Å². The maximum absolute atomic E-state index is 13.1. The number of nitrogens with zero attached hydrogens (tertiary/aromatic N) is 3. The topological polar surface area (TPSA) is 99.3 Å². The van der Waals surface area contributed by atoms with Crippen LogP contribution in [0.15, 0.2) is 15.7 Å². The van der Waals surface area contributed by atoms with Crippen LogP contribution < -0.4 is 27.6 Å². The van der Waals surface area contributed by atoms with Gasteiger partial charge in [0, 0.05) is 31.2 Å². The Labute approximate surface area is 148 Å². The van der Waals surface area contributed by atoms with Crippen LogP contribution in [-0.2, 0) is 6.54 Å². The molecular formula is C18H29N5O2. The molecular weight excluding hydrogens is 318 g/mol. The summed E-state index contributed by atoms with van der Waals surface area (Å²) in [5.74, 6) is 3.08. The Balaban J connectivity index is 2.59. The molecule has 4 N–H and O–H groups in total. The Morgan fingerprint density at radius 2 is 2.16 bits per heavy atom. The standard InChI is InChI=1S/C18H29N5O2/c1-4-7-15(13(3)19)23-17(24)11-16(22(9-5-2)18(23)25)21-10-6-8-14(20)12-21/h2,11,13-15H,4,6-10,12,19-20H2,1,3H3/t13?,14-,15-/m1/s1. The fraction of sp³-hybridized carbons (Fsp3) is 0.667. The number of hydrogen-bond acceptors (Lipinski definition) is 5. The average Bonchev–Trinajstić information content (AvgIpc) is 2.56. The molecule has 0 spiro atoms. The van der Waals surface area contributed by atoms with Crippen molar-refractivity contribution >= 4 is 5.82 Å². The van der Waals surface area contributed by atoms with Crippen molar-refractivity contribution in [3.63, 3.8) is 0 Å². The van der Waals surface area contributed by atoms with E-state index in [1.165, 1.54) is 15.2 Å². The van der Waals surface area contributed by atoms with Gasteiger partial charge in [-0.05, 0) is 26.2 Å². The Morgan fingerprint density at radius 1 is 1.44 bits per heavy atom. The van der Waals surface area contributed by atoms with Crippen LogP contribution in [0.2, 0.25) is 0 Å². The van der Waals surface area contributed by atoms with Crippen LogP contribution in [0, 0.1) is 12.3 Å². The van der Waals surface area contributed by atoms with Gasteiger partial charge < -0.3 is 16.4 Å². The summed E-state index contributed by atoms with van der Waals surface area (Å²) in [7, 11) is 0. The molecule has 138 valence electrons. The fourth-order valence-corrected chi connectivity index (χ4v) is 3.53. The molecule has 1 aromatic rings. The van der Waals surface area contributed by atoms with Gasteiger partial charge in [0.15, 0.2) is 0 Å². The average molecular weight is 347 g/mol. The van der Waals surface area contributed by atoms with E-state index in [0.29, 0.717) is 18.8 Å². The van der Waals surface area contributed by atoms with Crippen LogP contribution in [-0.4, -0.2) is 34.3 Å². The highest BCUT2D eigenvalue weighted by Crippen LogP contribution is 2.19. The van der Waals surface area contributed by atoms with Crippen molar-refractivity contribution in [1.82, 2.24) is 9.13 Å². The van der Waals surface area contributed by atoms with Crippen molar-refractivity contribution in [3.05, 3.63) is 26.9 Å². The second-order valence-corrected chi connectivity index (χ2v) is 6.85. The summed E-state index contributed by atoms with van der Waals surface area (Å²) >= 11 is 0. The minimum Gasteiger partial charge on any atom is -0.356 e. The minimum atomic E-state index is -0.393. The second kappa shape index (κ2) is 8.37. The lowest BCUT2D eigenvalue weighted by atomic mass is 10.1. The maximum atomic E-state index is 13.1. The molecule has 2 heterocycles. The largest absolute Gasteiger partial charge is 0.356 e. The smallest absolute Gasteiger partial charge is 0.333 e. The number of rotatable bonds is 6. The Morgan fingerprint density at radius 3 is 2.72 bits per heavy atom. The molecule has 25 heavy (non-hydrogen) atoms. The summed E-state index contributed by atoms with van der Waals surface area (Å²) in [4.78, 5) is 27.8. The monoisotopic (exact) mass is 347 g/mol. The predicted octanol–water partition coefficient (Wildman–Crippen LogP) is 0.259. The lowest BCUT2D eigenvalue weighted by molar-refractivity contribution is 0.366. The summed E-state index contributed by atoms with van der Waals surface area (Å²) in [5.41, 5.74) is 11.4. The SMILES string of the molecule is C#CCn1c(N2CCC[C@@H](N)C2)cc(=O)n([C@H](CCC)C(C)N)c1=O. The van der Waals surface area contributed by atoms with E-state index in [0.717, 1.165) is 25.8 Å². The highest BCUT2D eigenvalue weighted by molar-refractivity contribution is 5.40. The van der Waals surface area contributed by atoms with Gasteiger partial charge in [-0.1, -0.05) is 19.3 Å². The van der Waals surface area contributed by atoms with Crippen molar-refractivity contribution in [2.45, 2.75) is 64.2 Å². The second-order valence-electron chi connectivity index (χ2n) is 6.85. The van der Waals surface area contributed by atoms with Gasteiger partial charge in [-0.15, -0.1) is 6.42 Å². The number of piperidine rings is 1. The third kappa shape index (κ3) is 4.14. The Bertz CT molecular complexity index is 743. The number of hydrogen-bond donors (Lipinski definition) is 2. The van der Waals surface area contributed by atoms with Crippen molar-refractivity contribution in [2.75, 3.05) is 18.0 Å². The molecule has 0 amide bonds. The molecule has 1 aliphatic heterocycles. The molecule has 3 atom stereocenters. The molecule has 0 radical (unpaired) electrons. The molecule has 0 aliphatic carbocycles. The zero-order valence-electron chi connectivity index (χ0n) is 15.1. The molecule has 0 bridgehead atoms. The molecule has 1 fully saturated rings. The maximum Gasteiger partial charge on any atom is 0.333 e. The van der Waals surface area contributed by atoms with Gasteiger partial charge in [-0.25, -0.2) is 4.79 Å². The molecule has 7 nitrogen and oxygen atoms in total. The van der Waals surface area contributed by atoms with Crippen molar-refractivity contribution < 1.29 is 0 Å². The number of anilines is 1. The molecule has 1 aromatic heterocycles. The van der Waals surface area contributed by atoms with E-state index in [4.69, 9.17) is 17.9 Å². The number of nitrogens with two attached hydrogens (primary N) is 2. The molecule has 0 saturated carbocycles. The third-order valence-corrected chi connectivity index (χ3v) is 4.76. The van der Waals surface area contributed by atoms with Gasteiger partial charge in [0.05, 0.1) is 12.6 Å². The van der Waals surface area contributed by atoms with Gasteiger partial charge in [-0.3, -0.25) is 13.9 Å². The van der Waals surface area contributed by atoms with E-state index in [2.05, 4.69) is 5.92 Å². The van der Waals surface area contributed by atoms with Gasteiger partial charge in [0.25, 0.3) is 5.56 Å². The van der Waals surface area contributed by atoms with Crippen LogP contribution >= 0.6 is 0 Å². The van der Waals surface area contributed by atoms with E-state index in [-0.39, 0.29) is 30.2 Å². The summed E-state index contributed by atoms with van der Waals surface area (Å²) in [6.07, 6.45) is 8.83.